The topological polar surface area (TPSA) is 58.6 Å². The van der Waals surface area contributed by atoms with Crippen LogP contribution in [-0.4, -0.2) is 36.4 Å². The predicted molar refractivity (Wildman–Crippen MR) is 49.1 cm³/mol. The third kappa shape index (κ3) is 2.13. The molecule has 1 heterocycles. The van der Waals surface area contributed by atoms with E-state index in [-0.39, 0.29) is 30.5 Å². The van der Waals surface area contributed by atoms with Gasteiger partial charge in [0, 0.05) is 12.6 Å². The Bertz CT molecular complexity index is 186. The lowest BCUT2D eigenvalue weighted by molar-refractivity contribution is -0.141. The lowest BCUT2D eigenvalue weighted by Crippen LogP contribution is -2.44. The van der Waals surface area contributed by atoms with Gasteiger partial charge in [0.15, 0.2) is 0 Å². The normalized spacial score (nSPS) is 37.7. The van der Waals surface area contributed by atoms with Gasteiger partial charge in [0.05, 0.1) is 18.6 Å². The fraction of sp³-hybridized carbons (Fsp3) is 0.875. The van der Waals surface area contributed by atoms with Crippen molar-refractivity contribution in [2.75, 3.05) is 13.2 Å². The van der Waals surface area contributed by atoms with Crippen LogP contribution in [0.3, 0.4) is 0 Å². The van der Waals surface area contributed by atoms with E-state index in [1.54, 1.807) is 0 Å². The largest absolute Gasteiger partial charge is 0.481 e. The summed E-state index contributed by atoms with van der Waals surface area (Å²) >= 11 is 0. The van der Waals surface area contributed by atoms with Crippen LogP contribution >= 0.6 is 12.4 Å². The maximum Gasteiger partial charge on any atom is 0.306 e. The number of hydrogen-bond donors (Lipinski definition) is 2. The highest BCUT2D eigenvalue weighted by Crippen LogP contribution is 2.29. The van der Waals surface area contributed by atoms with E-state index in [2.05, 4.69) is 5.32 Å². The molecular weight excluding hydrogens is 194 g/mol. The zero-order chi connectivity index (χ0) is 8.55. The minimum atomic E-state index is -0.685. The van der Waals surface area contributed by atoms with Crippen molar-refractivity contribution in [2.45, 2.75) is 25.0 Å². The number of morpholine rings is 1. The number of rotatable bonds is 1. The highest BCUT2D eigenvalue weighted by atomic mass is 35.5. The van der Waals surface area contributed by atoms with Gasteiger partial charge in [-0.15, -0.1) is 12.4 Å². The van der Waals surface area contributed by atoms with E-state index in [0.717, 1.165) is 13.0 Å². The molecule has 0 radical (unpaired) electrons. The van der Waals surface area contributed by atoms with Crippen LogP contribution in [0, 0.1) is 5.92 Å². The second-order valence-corrected chi connectivity index (χ2v) is 3.48. The highest BCUT2D eigenvalue weighted by Gasteiger charge is 2.39. The van der Waals surface area contributed by atoms with Crippen molar-refractivity contribution in [3.8, 4) is 0 Å². The van der Waals surface area contributed by atoms with E-state index in [4.69, 9.17) is 9.84 Å². The van der Waals surface area contributed by atoms with Crippen molar-refractivity contribution in [2.24, 2.45) is 5.92 Å². The Morgan fingerprint density at radius 3 is 2.85 bits per heavy atom. The van der Waals surface area contributed by atoms with Gasteiger partial charge < -0.3 is 15.2 Å². The van der Waals surface area contributed by atoms with Gasteiger partial charge in [-0.1, -0.05) is 0 Å². The number of ether oxygens (including phenoxy) is 1. The Hall–Kier alpha value is -0.320. The summed E-state index contributed by atoms with van der Waals surface area (Å²) in [6.45, 7) is 1.57. The Kier molecular flexibility index (Phi) is 3.53. The standard InChI is InChI=1S/C8H13NO3.ClH/c10-8(11)5-3-6-7(4-5)12-2-1-9-6;/h5-7,9H,1-4H2,(H,10,11);1H/t5-,6+,7-;/m1./s1. The Morgan fingerprint density at radius 1 is 1.46 bits per heavy atom. The van der Waals surface area contributed by atoms with Crippen molar-refractivity contribution >= 4 is 18.4 Å². The predicted octanol–water partition coefficient (Wildman–Crippen LogP) is 0.260. The smallest absolute Gasteiger partial charge is 0.306 e. The Labute approximate surface area is 83.1 Å². The van der Waals surface area contributed by atoms with Gasteiger partial charge in [-0.05, 0) is 12.8 Å². The molecule has 2 N–H and O–H groups in total. The van der Waals surface area contributed by atoms with Gasteiger partial charge in [-0.3, -0.25) is 4.79 Å². The van der Waals surface area contributed by atoms with E-state index in [0.29, 0.717) is 13.0 Å². The van der Waals surface area contributed by atoms with Gasteiger partial charge in [0.2, 0.25) is 0 Å². The summed E-state index contributed by atoms with van der Waals surface area (Å²) in [5, 5.41) is 12.1. The Balaban J connectivity index is 0.000000845. The zero-order valence-corrected chi connectivity index (χ0v) is 8.05. The fourth-order valence-corrected chi connectivity index (χ4v) is 2.05. The van der Waals surface area contributed by atoms with Crippen LogP contribution in [0.25, 0.3) is 0 Å². The summed E-state index contributed by atoms with van der Waals surface area (Å²) in [6, 6.07) is 0.278. The zero-order valence-electron chi connectivity index (χ0n) is 7.23. The second kappa shape index (κ2) is 4.26. The molecule has 0 aromatic heterocycles. The lowest BCUT2D eigenvalue weighted by Gasteiger charge is -2.26. The average Bonchev–Trinajstić information content (AvgIpc) is 2.46. The molecule has 0 amide bonds. The van der Waals surface area contributed by atoms with Crippen LogP contribution in [-0.2, 0) is 9.53 Å². The molecule has 0 unspecified atom stereocenters. The van der Waals surface area contributed by atoms with Crippen LogP contribution in [0.15, 0.2) is 0 Å². The van der Waals surface area contributed by atoms with E-state index < -0.39 is 5.97 Å². The quantitative estimate of drug-likeness (QED) is 0.648. The number of hydrogen-bond acceptors (Lipinski definition) is 3. The number of carboxylic acids is 1. The average molecular weight is 208 g/mol. The molecule has 13 heavy (non-hydrogen) atoms. The lowest BCUT2D eigenvalue weighted by atomic mass is 10.1. The van der Waals surface area contributed by atoms with Crippen LogP contribution < -0.4 is 5.32 Å². The fourth-order valence-electron chi connectivity index (χ4n) is 2.05. The van der Waals surface area contributed by atoms with Crippen LogP contribution in [0.5, 0.6) is 0 Å². The van der Waals surface area contributed by atoms with E-state index >= 15 is 0 Å². The van der Waals surface area contributed by atoms with Crippen LogP contribution in [0.4, 0.5) is 0 Å². The highest BCUT2D eigenvalue weighted by molar-refractivity contribution is 5.85. The van der Waals surface area contributed by atoms with Gasteiger partial charge >= 0.3 is 5.97 Å². The molecular formula is C8H14ClNO3. The molecule has 5 heteroatoms. The minimum absolute atomic E-state index is 0. The summed E-state index contributed by atoms with van der Waals surface area (Å²) < 4.78 is 5.46. The molecule has 4 nitrogen and oxygen atoms in total. The summed E-state index contributed by atoms with van der Waals surface area (Å²) in [5.74, 6) is -0.889. The first-order valence-electron chi connectivity index (χ1n) is 4.35. The molecule has 2 fully saturated rings. The van der Waals surface area contributed by atoms with Crippen LogP contribution in [0.1, 0.15) is 12.8 Å². The number of fused-ring (bicyclic) bond motifs is 1. The van der Waals surface area contributed by atoms with Gasteiger partial charge in [0.1, 0.15) is 0 Å². The molecule has 1 saturated heterocycles. The molecule has 1 aliphatic carbocycles. The molecule has 0 spiro atoms. The van der Waals surface area contributed by atoms with E-state index in [9.17, 15) is 4.79 Å². The number of carbonyl (C=O) groups is 1. The Morgan fingerprint density at radius 2 is 2.23 bits per heavy atom. The van der Waals surface area contributed by atoms with Gasteiger partial charge in [-0.2, -0.15) is 0 Å². The number of halogens is 1. The molecule has 0 bridgehead atoms. The molecule has 0 aromatic carbocycles. The van der Waals surface area contributed by atoms with Crippen molar-refractivity contribution in [3.05, 3.63) is 0 Å². The van der Waals surface area contributed by atoms with Crippen LogP contribution in [0.2, 0.25) is 0 Å². The third-order valence-corrected chi connectivity index (χ3v) is 2.69. The SMILES string of the molecule is Cl.O=C(O)[C@@H]1C[C@@H]2NCCO[C@@H]2C1. The van der Waals surface area contributed by atoms with Crippen molar-refractivity contribution in [3.63, 3.8) is 0 Å². The summed E-state index contributed by atoms with van der Waals surface area (Å²) in [5.41, 5.74) is 0. The third-order valence-electron chi connectivity index (χ3n) is 2.69. The first-order valence-corrected chi connectivity index (χ1v) is 4.35. The number of nitrogens with one attached hydrogen (secondary N) is 1. The first-order chi connectivity index (χ1) is 5.77. The molecule has 3 atom stereocenters. The molecule has 2 rings (SSSR count). The maximum atomic E-state index is 10.7. The van der Waals surface area contributed by atoms with Gasteiger partial charge in [0.25, 0.3) is 0 Å². The number of aliphatic carboxylic acids is 1. The molecule has 76 valence electrons. The second-order valence-electron chi connectivity index (χ2n) is 3.48. The molecule has 1 saturated carbocycles. The maximum absolute atomic E-state index is 10.7. The summed E-state index contributed by atoms with van der Waals surface area (Å²) in [4.78, 5) is 10.7. The molecule has 2 aliphatic rings. The van der Waals surface area contributed by atoms with Crippen molar-refractivity contribution < 1.29 is 14.6 Å². The molecule has 1 aliphatic heterocycles. The number of carboxylic acid groups (broad SMARTS) is 1. The van der Waals surface area contributed by atoms with Crippen molar-refractivity contribution in [1.29, 1.82) is 0 Å². The van der Waals surface area contributed by atoms with E-state index in [1.165, 1.54) is 0 Å². The van der Waals surface area contributed by atoms with Gasteiger partial charge in [-0.25, -0.2) is 0 Å². The summed E-state index contributed by atoms with van der Waals surface area (Å²) in [7, 11) is 0. The molecule has 0 aromatic rings. The summed E-state index contributed by atoms with van der Waals surface area (Å²) in [6.07, 6.45) is 1.53. The van der Waals surface area contributed by atoms with Crippen molar-refractivity contribution in [1.82, 2.24) is 5.32 Å². The monoisotopic (exact) mass is 207 g/mol. The minimum Gasteiger partial charge on any atom is -0.481 e. The first kappa shape index (κ1) is 10.8. The van der Waals surface area contributed by atoms with E-state index in [1.807, 2.05) is 0 Å².